The van der Waals surface area contributed by atoms with Gasteiger partial charge in [0, 0.05) is 18.2 Å². The summed E-state index contributed by atoms with van der Waals surface area (Å²) < 4.78 is 0.158. The molecule has 0 aliphatic rings. The van der Waals surface area contributed by atoms with Crippen molar-refractivity contribution in [1.29, 1.82) is 0 Å². The van der Waals surface area contributed by atoms with Crippen molar-refractivity contribution in [2.24, 2.45) is 28.3 Å². The van der Waals surface area contributed by atoms with Crippen molar-refractivity contribution in [3.63, 3.8) is 0 Å². The van der Waals surface area contributed by atoms with Gasteiger partial charge in [-0.2, -0.15) is 0 Å². The Morgan fingerprint density at radius 2 is 1.37 bits per heavy atom. The minimum absolute atomic E-state index is 0.0506. The van der Waals surface area contributed by atoms with Crippen LogP contribution >= 0.6 is 23.5 Å². The first-order valence-electron chi connectivity index (χ1n) is 13.3. The molecular formula is C27H46N6O3S2. The molecule has 38 heavy (non-hydrogen) atoms. The van der Waals surface area contributed by atoms with Gasteiger partial charge in [0.05, 0.1) is 4.58 Å². The summed E-state index contributed by atoms with van der Waals surface area (Å²) >= 11 is 3.58. The van der Waals surface area contributed by atoms with E-state index in [9.17, 15) is 14.4 Å². The number of carbonyl (C=O) groups excluding carboxylic acids is 3. The van der Waals surface area contributed by atoms with Crippen molar-refractivity contribution in [2.45, 2.75) is 77.1 Å². The number of guanidine groups is 1. The van der Waals surface area contributed by atoms with Gasteiger partial charge in [-0.05, 0) is 48.3 Å². The van der Waals surface area contributed by atoms with Gasteiger partial charge in [-0.1, -0.05) is 59.7 Å². The summed E-state index contributed by atoms with van der Waals surface area (Å²) in [4.78, 5) is 43.6. The topological polar surface area (TPSA) is 152 Å². The Morgan fingerprint density at radius 3 is 1.87 bits per heavy atom. The number of thioether (sulfide) groups is 2. The van der Waals surface area contributed by atoms with E-state index in [1.165, 1.54) is 0 Å². The lowest BCUT2D eigenvalue weighted by Gasteiger charge is -2.31. The number of hydrogen-bond donors (Lipinski definition) is 5. The number of nitrogens with zero attached hydrogens (tertiary/aromatic N) is 1. The average Bonchev–Trinajstić information content (AvgIpc) is 2.87. The fourth-order valence-corrected chi connectivity index (χ4v) is 6.54. The third kappa shape index (κ3) is 12.0. The van der Waals surface area contributed by atoms with E-state index in [2.05, 4.69) is 34.8 Å². The lowest BCUT2D eigenvalue weighted by molar-refractivity contribution is -0.131. The summed E-state index contributed by atoms with van der Waals surface area (Å²) in [5, 5.41) is 8.94. The van der Waals surface area contributed by atoms with Crippen molar-refractivity contribution in [1.82, 2.24) is 16.0 Å². The van der Waals surface area contributed by atoms with Gasteiger partial charge in [0.1, 0.15) is 12.1 Å². The number of hydrogen-bond acceptors (Lipinski definition) is 6. The van der Waals surface area contributed by atoms with Crippen LogP contribution in [0, 0.1) is 11.8 Å². The highest BCUT2D eigenvalue weighted by atomic mass is 32.2. The van der Waals surface area contributed by atoms with E-state index in [1.807, 2.05) is 33.8 Å². The van der Waals surface area contributed by atoms with Crippen molar-refractivity contribution >= 4 is 47.2 Å². The molecule has 1 rings (SSSR count). The second-order valence-corrected chi connectivity index (χ2v) is 12.8. The van der Waals surface area contributed by atoms with Crippen molar-refractivity contribution in [3.8, 4) is 0 Å². The lowest BCUT2D eigenvalue weighted by Crippen LogP contribution is -2.58. The van der Waals surface area contributed by atoms with Gasteiger partial charge in [-0.15, -0.1) is 23.5 Å². The summed E-state index contributed by atoms with van der Waals surface area (Å²) in [6, 6.07) is 7.10. The molecule has 0 aromatic heterocycles. The molecule has 0 aliphatic carbocycles. The Kier molecular flexibility index (Phi) is 15.9. The SMILES string of the molecule is CCSC(SCC)[C@H](CCCN=C(N)N)NC(=O)[C@@H](NC(=O)[C@@H](NC(=O)c1ccccc1)C(C)C)C(C)C. The van der Waals surface area contributed by atoms with Gasteiger partial charge in [-0.25, -0.2) is 0 Å². The first-order chi connectivity index (χ1) is 18.0. The number of carbonyl (C=O) groups is 3. The van der Waals surface area contributed by atoms with Gasteiger partial charge in [-0.3, -0.25) is 19.4 Å². The lowest BCUT2D eigenvalue weighted by atomic mass is 9.99. The number of aliphatic imine (C=N–C) groups is 1. The third-order valence-electron chi connectivity index (χ3n) is 5.80. The molecule has 9 nitrogen and oxygen atoms in total. The Bertz CT molecular complexity index is 888. The molecule has 1 aromatic carbocycles. The molecule has 7 N–H and O–H groups in total. The normalized spacial score (nSPS) is 13.6. The summed E-state index contributed by atoms with van der Waals surface area (Å²) in [7, 11) is 0. The predicted octanol–water partition coefficient (Wildman–Crippen LogP) is 2.95. The van der Waals surface area contributed by atoms with Gasteiger partial charge < -0.3 is 27.4 Å². The molecule has 0 heterocycles. The zero-order valence-corrected chi connectivity index (χ0v) is 25.2. The van der Waals surface area contributed by atoms with E-state index in [0.29, 0.717) is 24.9 Å². The molecular weight excluding hydrogens is 520 g/mol. The standard InChI is InChI=1S/C27H46N6O3S2/c1-7-37-26(38-8-2)20(15-12-16-30-27(28)29)31-24(35)21(17(3)4)33-25(36)22(18(5)6)32-23(34)19-13-10-9-11-14-19/h9-11,13-14,17-18,20-22,26H,7-8,12,15-16H2,1-6H3,(H,31,35)(H,32,34)(H,33,36)(H4,28,29,30)/t20-,21-,22-/m0/s1. The van der Waals surface area contributed by atoms with E-state index >= 15 is 0 Å². The van der Waals surface area contributed by atoms with Crippen LogP contribution in [0.15, 0.2) is 35.3 Å². The maximum Gasteiger partial charge on any atom is 0.251 e. The molecule has 3 amide bonds. The van der Waals surface area contributed by atoms with Gasteiger partial charge >= 0.3 is 0 Å². The highest BCUT2D eigenvalue weighted by molar-refractivity contribution is 8.17. The molecule has 1 aromatic rings. The molecule has 0 aliphatic heterocycles. The zero-order valence-electron chi connectivity index (χ0n) is 23.5. The monoisotopic (exact) mass is 566 g/mol. The first kappa shape index (κ1) is 33.6. The van der Waals surface area contributed by atoms with E-state index < -0.39 is 12.1 Å². The van der Waals surface area contributed by atoms with Crippen LogP contribution in [0.1, 0.15) is 64.7 Å². The van der Waals surface area contributed by atoms with Crippen LogP contribution in [-0.4, -0.2) is 64.4 Å². The maximum absolute atomic E-state index is 13.5. The minimum Gasteiger partial charge on any atom is -0.370 e. The van der Waals surface area contributed by atoms with Crippen LogP contribution in [0.5, 0.6) is 0 Å². The highest BCUT2D eigenvalue weighted by Crippen LogP contribution is 2.29. The van der Waals surface area contributed by atoms with Crippen molar-refractivity contribution in [3.05, 3.63) is 35.9 Å². The second-order valence-electron chi connectivity index (χ2n) is 9.63. The second kappa shape index (κ2) is 18.0. The van der Waals surface area contributed by atoms with E-state index in [-0.39, 0.29) is 46.1 Å². The quantitative estimate of drug-likeness (QED) is 0.0841. The molecule has 11 heteroatoms. The van der Waals surface area contributed by atoms with Gasteiger partial charge in [0.2, 0.25) is 11.8 Å². The molecule has 0 radical (unpaired) electrons. The van der Waals surface area contributed by atoms with Crippen molar-refractivity contribution in [2.75, 3.05) is 18.1 Å². The largest absolute Gasteiger partial charge is 0.370 e. The van der Waals surface area contributed by atoms with Crippen molar-refractivity contribution < 1.29 is 14.4 Å². The number of nitrogens with one attached hydrogen (secondary N) is 3. The van der Waals surface area contributed by atoms with Crippen LogP contribution in [0.3, 0.4) is 0 Å². The molecule has 0 fully saturated rings. The Hall–Kier alpha value is -2.40. The van der Waals surface area contributed by atoms with Gasteiger partial charge in [0.25, 0.3) is 5.91 Å². The summed E-state index contributed by atoms with van der Waals surface area (Å²) in [5.74, 6) is 0.596. The van der Waals surface area contributed by atoms with E-state index in [0.717, 1.165) is 11.5 Å². The molecule has 0 spiro atoms. The Morgan fingerprint density at radius 1 is 0.842 bits per heavy atom. The van der Waals surface area contributed by atoms with Crippen LogP contribution in [0.4, 0.5) is 0 Å². The summed E-state index contributed by atoms with van der Waals surface area (Å²) in [5.41, 5.74) is 11.4. The zero-order chi connectivity index (χ0) is 28.7. The molecule has 0 saturated heterocycles. The Labute approximate surface area is 236 Å². The van der Waals surface area contributed by atoms with Gasteiger partial charge in [0.15, 0.2) is 5.96 Å². The smallest absolute Gasteiger partial charge is 0.251 e. The molecule has 0 unspecified atom stereocenters. The first-order valence-corrected chi connectivity index (χ1v) is 15.4. The van der Waals surface area contributed by atoms with E-state index in [4.69, 9.17) is 11.5 Å². The third-order valence-corrected chi connectivity index (χ3v) is 8.60. The van der Waals surface area contributed by atoms with Crippen LogP contribution in [-0.2, 0) is 9.59 Å². The molecule has 0 bridgehead atoms. The predicted molar refractivity (Wildman–Crippen MR) is 161 cm³/mol. The number of nitrogens with two attached hydrogens (primary N) is 2. The maximum atomic E-state index is 13.5. The molecule has 3 atom stereocenters. The fraction of sp³-hybridized carbons (Fsp3) is 0.630. The van der Waals surface area contributed by atoms with Crippen LogP contribution in [0.2, 0.25) is 0 Å². The molecule has 0 saturated carbocycles. The number of rotatable bonds is 17. The number of benzene rings is 1. The average molecular weight is 567 g/mol. The summed E-state index contributed by atoms with van der Waals surface area (Å²) in [6.45, 7) is 12.2. The van der Waals surface area contributed by atoms with Crippen LogP contribution in [0.25, 0.3) is 0 Å². The number of amides is 3. The van der Waals surface area contributed by atoms with Crippen LogP contribution < -0.4 is 27.4 Å². The molecule has 214 valence electrons. The minimum atomic E-state index is -0.786. The Balaban J connectivity index is 3.02. The highest BCUT2D eigenvalue weighted by Gasteiger charge is 2.32. The van der Waals surface area contributed by atoms with E-state index in [1.54, 1.807) is 47.8 Å². The summed E-state index contributed by atoms with van der Waals surface area (Å²) in [6.07, 6.45) is 1.42. The fourth-order valence-electron chi connectivity index (χ4n) is 3.80.